The SMILES string of the molecule is O=C(CN(Cc1ccco1)Cc1cccs1)N1CCCC1. The third-order valence-electron chi connectivity index (χ3n) is 3.74. The van der Waals surface area contributed by atoms with E-state index in [-0.39, 0.29) is 5.91 Å². The van der Waals surface area contributed by atoms with Gasteiger partial charge in [0.25, 0.3) is 0 Å². The number of likely N-dealkylation sites (tertiary alicyclic amines) is 1. The zero-order chi connectivity index (χ0) is 14.5. The Morgan fingerprint density at radius 1 is 1.24 bits per heavy atom. The van der Waals surface area contributed by atoms with Crippen LogP contribution >= 0.6 is 11.3 Å². The first kappa shape index (κ1) is 14.4. The highest BCUT2D eigenvalue weighted by Gasteiger charge is 2.21. The van der Waals surface area contributed by atoms with E-state index in [9.17, 15) is 4.79 Å². The molecule has 5 heteroatoms. The number of nitrogens with zero attached hydrogens (tertiary/aromatic N) is 2. The molecule has 0 atom stereocenters. The first-order valence-corrected chi connectivity index (χ1v) is 8.24. The van der Waals surface area contributed by atoms with Gasteiger partial charge in [-0.3, -0.25) is 9.69 Å². The molecule has 0 bridgehead atoms. The predicted molar refractivity (Wildman–Crippen MR) is 83.0 cm³/mol. The van der Waals surface area contributed by atoms with Gasteiger partial charge in [-0.25, -0.2) is 0 Å². The summed E-state index contributed by atoms with van der Waals surface area (Å²) in [6.07, 6.45) is 3.95. The second-order valence-corrected chi connectivity index (χ2v) is 6.42. The maximum absolute atomic E-state index is 12.4. The number of rotatable bonds is 6. The molecule has 0 aliphatic carbocycles. The molecular formula is C16H20N2O2S. The van der Waals surface area contributed by atoms with Gasteiger partial charge < -0.3 is 9.32 Å². The summed E-state index contributed by atoms with van der Waals surface area (Å²) in [5.41, 5.74) is 0. The lowest BCUT2D eigenvalue weighted by Crippen LogP contribution is -2.38. The summed E-state index contributed by atoms with van der Waals surface area (Å²) < 4.78 is 5.43. The van der Waals surface area contributed by atoms with Crippen molar-refractivity contribution in [3.63, 3.8) is 0 Å². The van der Waals surface area contributed by atoms with Crippen LogP contribution in [-0.4, -0.2) is 35.3 Å². The lowest BCUT2D eigenvalue weighted by molar-refractivity contribution is -0.131. The van der Waals surface area contributed by atoms with Gasteiger partial charge in [0, 0.05) is 24.5 Å². The third-order valence-corrected chi connectivity index (χ3v) is 4.60. The molecule has 1 aliphatic rings. The van der Waals surface area contributed by atoms with Crippen LogP contribution in [0.1, 0.15) is 23.5 Å². The molecule has 0 N–H and O–H groups in total. The van der Waals surface area contributed by atoms with Gasteiger partial charge in [0.2, 0.25) is 5.91 Å². The Morgan fingerprint density at radius 2 is 2.10 bits per heavy atom. The van der Waals surface area contributed by atoms with Crippen LogP contribution in [0.2, 0.25) is 0 Å². The van der Waals surface area contributed by atoms with Crippen LogP contribution in [0.15, 0.2) is 40.3 Å². The average molecular weight is 304 g/mol. The summed E-state index contributed by atoms with van der Waals surface area (Å²) in [6.45, 7) is 3.74. The maximum Gasteiger partial charge on any atom is 0.236 e. The highest BCUT2D eigenvalue weighted by atomic mass is 32.1. The molecule has 112 valence electrons. The minimum absolute atomic E-state index is 0.232. The van der Waals surface area contributed by atoms with Crippen LogP contribution in [0.25, 0.3) is 0 Å². The first-order valence-electron chi connectivity index (χ1n) is 7.36. The fourth-order valence-corrected chi connectivity index (χ4v) is 3.42. The zero-order valence-electron chi connectivity index (χ0n) is 12.0. The Kier molecular flexibility index (Phi) is 4.72. The molecule has 2 aromatic heterocycles. The van der Waals surface area contributed by atoms with E-state index in [0.717, 1.165) is 38.2 Å². The van der Waals surface area contributed by atoms with Crippen molar-refractivity contribution in [3.05, 3.63) is 46.5 Å². The van der Waals surface area contributed by atoms with E-state index in [1.807, 2.05) is 23.1 Å². The van der Waals surface area contributed by atoms with E-state index >= 15 is 0 Å². The Labute approximate surface area is 129 Å². The van der Waals surface area contributed by atoms with E-state index in [2.05, 4.69) is 16.3 Å². The molecule has 21 heavy (non-hydrogen) atoms. The minimum Gasteiger partial charge on any atom is -0.468 e. The van der Waals surface area contributed by atoms with E-state index in [0.29, 0.717) is 13.1 Å². The van der Waals surface area contributed by atoms with E-state index < -0.39 is 0 Å². The molecule has 4 nitrogen and oxygen atoms in total. The van der Waals surface area contributed by atoms with Crippen molar-refractivity contribution in [2.24, 2.45) is 0 Å². The number of amides is 1. The lowest BCUT2D eigenvalue weighted by Gasteiger charge is -2.23. The first-order chi connectivity index (χ1) is 10.3. The third kappa shape index (κ3) is 3.95. The Bertz CT molecular complexity index is 509. The zero-order valence-corrected chi connectivity index (χ0v) is 12.8. The van der Waals surface area contributed by atoms with Gasteiger partial charge >= 0.3 is 0 Å². The van der Waals surface area contributed by atoms with Crippen LogP contribution in [0, 0.1) is 0 Å². The van der Waals surface area contributed by atoms with Crippen LogP contribution in [0.3, 0.4) is 0 Å². The van der Waals surface area contributed by atoms with Gasteiger partial charge in [-0.15, -0.1) is 11.3 Å². The molecule has 0 unspecified atom stereocenters. The van der Waals surface area contributed by atoms with Gasteiger partial charge in [-0.05, 0) is 36.4 Å². The van der Waals surface area contributed by atoms with Gasteiger partial charge in [-0.2, -0.15) is 0 Å². The quantitative estimate of drug-likeness (QED) is 0.823. The summed E-state index contributed by atoms with van der Waals surface area (Å²) in [5.74, 6) is 1.14. The molecule has 1 aliphatic heterocycles. The van der Waals surface area contributed by atoms with Crippen molar-refractivity contribution in [3.8, 4) is 0 Å². The topological polar surface area (TPSA) is 36.7 Å². The molecule has 0 aromatic carbocycles. The average Bonchev–Trinajstić information content (AvgIpc) is 3.22. The number of furan rings is 1. The molecule has 0 radical (unpaired) electrons. The fourth-order valence-electron chi connectivity index (χ4n) is 2.67. The van der Waals surface area contributed by atoms with Crippen molar-refractivity contribution in [1.82, 2.24) is 9.80 Å². The monoisotopic (exact) mass is 304 g/mol. The van der Waals surface area contributed by atoms with Gasteiger partial charge in [-0.1, -0.05) is 6.07 Å². The second kappa shape index (κ2) is 6.91. The summed E-state index contributed by atoms with van der Waals surface area (Å²) >= 11 is 1.73. The number of thiophene rings is 1. The molecule has 1 saturated heterocycles. The Morgan fingerprint density at radius 3 is 2.76 bits per heavy atom. The van der Waals surface area contributed by atoms with E-state index in [1.165, 1.54) is 4.88 Å². The standard InChI is InChI=1S/C16H20N2O2S/c19-16(18-7-1-2-8-18)13-17(11-14-5-3-9-20-14)12-15-6-4-10-21-15/h3-6,9-10H,1-2,7-8,11-13H2. The van der Waals surface area contributed by atoms with E-state index in [4.69, 9.17) is 4.42 Å². The highest BCUT2D eigenvalue weighted by molar-refractivity contribution is 7.09. The summed E-state index contributed by atoms with van der Waals surface area (Å²) in [6, 6.07) is 8.01. The molecule has 1 fully saturated rings. The van der Waals surface area contributed by atoms with Crippen LogP contribution in [0.4, 0.5) is 0 Å². The lowest BCUT2D eigenvalue weighted by atomic mass is 10.3. The number of carbonyl (C=O) groups excluding carboxylic acids is 1. The van der Waals surface area contributed by atoms with Crippen molar-refractivity contribution in [2.45, 2.75) is 25.9 Å². The van der Waals surface area contributed by atoms with Crippen molar-refractivity contribution in [1.29, 1.82) is 0 Å². The normalized spacial score (nSPS) is 15.0. The molecule has 3 rings (SSSR count). The van der Waals surface area contributed by atoms with Crippen molar-refractivity contribution in [2.75, 3.05) is 19.6 Å². The molecule has 0 spiro atoms. The molecule has 2 aromatic rings. The second-order valence-electron chi connectivity index (χ2n) is 5.39. The molecule has 0 saturated carbocycles. The highest BCUT2D eigenvalue weighted by Crippen LogP contribution is 2.16. The van der Waals surface area contributed by atoms with Crippen LogP contribution in [-0.2, 0) is 17.9 Å². The number of hydrogen-bond donors (Lipinski definition) is 0. The van der Waals surface area contributed by atoms with Crippen LogP contribution in [0.5, 0.6) is 0 Å². The Balaban J connectivity index is 1.64. The summed E-state index contributed by atoms with van der Waals surface area (Å²) in [5, 5.41) is 2.07. The van der Waals surface area contributed by atoms with Crippen molar-refractivity contribution < 1.29 is 9.21 Å². The number of carbonyl (C=O) groups is 1. The Hall–Kier alpha value is -1.59. The maximum atomic E-state index is 12.4. The van der Waals surface area contributed by atoms with E-state index in [1.54, 1.807) is 17.6 Å². The predicted octanol–water partition coefficient (Wildman–Crippen LogP) is 2.97. The minimum atomic E-state index is 0.232. The van der Waals surface area contributed by atoms with Crippen LogP contribution < -0.4 is 0 Å². The summed E-state index contributed by atoms with van der Waals surface area (Å²) in [4.78, 5) is 17.8. The van der Waals surface area contributed by atoms with Crippen molar-refractivity contribution >= 4 is 17.2 Å². The fraction of sp³-hybridized carbons (Fsp3) is 0.438. The van der Waals surface area contributed by atoms with Gasteiger partial charge in [0.15, 0.2) is 0 Å². The van der Waals surface area contributed by atoms with Gasteiger partial charge in [0.05, 0.1) is 19.4 Å². The largest absolute Gasteiger partial charge is 0.468 e. The molecule has 1 amide bonds. The number of hydrogen-bond acceptors (Lipinski definition) is 4. The summed E-state index contributed by atoms with van der Waals surface area (Å²) in [7, 11) is 0. The molecule has 3 heterocycles. The van der Waals surface area contributed by atoms with Gasteiger partial charge in [0.1, 0.15) is 5.76 Å². The smallest absolute Gasteiger partial charge is 0.236 e. The molecular weight excluding hydrogens is 284 g/mol.